The lowest BCUT2D eigenvalue weighted by atomic mass is 9.86. The van der Waals surface area contributed by atoms with Gasteiger partial charge in [-0.2, -0.15) is 0 Å². The molecule has 1 aromatic heterocycles. The molecule has 1 aliphatic heterocycles. The van der Waals surface area contributed by atoms with Crippen LogP contribution < -0.4 is 14.8 Å². The Labute approximate surface area is 217 Å². The molecule has 4 rings (SSSR count). The molecule has 1 aromatic carbocycles. The molecule has 2 heterocycles. The molecule has 1 aliphatic carbocycles. The Morgan fingerprint density at radius 1 is 1.11 bits per heavy atom. The summed E-state index contributed by atoms with van der Waals surface area (Å²) < 4.78 is 22.6. The number of nitrogens with zero attached hydrogens (tertiary/aromatic N) is 1. The monoisotopic (exact) mass is 512 g/mol. The van der Waals surface area contributed by atoms with Crippen molar-refractivity contribution < 1.29 is 33.6 Å². The van der Waals surface area contributed by atoms with Crippen LogP contribution in [0.5, 0.6) is 17.2 Å². The fourth-order valence-corrected chi connectivity index (χ4v) is 4.79. The highest BCUT2D eigenvalue weighted by molar-refractivity contribution is 5.97. The minimum atomic E-state index is -0.869. The fourth-order valence-electron chi connectivity index (χ4n) is 4.79. The summed E-state index contributed by atoms with van der Waals surface area (Å²) >= 11 is 0. The Morgan fingerprint density at radius 3 is 2.54 bits per heavy atom. The van der Waals surface area contributed by atoms with Gasteiger partial charge in [-0.1, -0.05) is 18.6 Å². The van der Waals surface area contributed by atoms with Crippen LogP contribution in [0.25, 0.3) is 0 Å². The van der Waals surface area contributed by atoms with Crippen LogP contribution in [0.15, 0.2) is 36.5 Å². The average molecular weight is 513 g/mol. The molecule has 1 saturated heterocycles. The van der Waals surface area contributed by atoms with Crippen LogP contribution >= 0.6 is 0 Å². The maximum atomic E-state index is 13.1. The number of methoxy groups -OCH3 is 2. The van der Waals surface area contributed by atoms with Crippen molar-refractivity contribution in [1.82, 2.24) is 10.3 Å². The van der Waals surface area contributed by atoms with E-state index in [1.54, 1.807) is 7.11 Å². The summed E-state index contributed by atoms with van der Waals surface area (Å²) in [5.74, 6) is 0.0797. The number of esters is 1. The molecule has 2 N–H and O–H groups in total. The number of hydrogen-bond acceptors (Lipinski definition) is 8. The van der Waals surface area contributed by atoms with Crippen LogP contribution in [-0.2, 0) is 20.7 Å². The molecule has 2 fully saturated rings. The Hall–Kier alpha value is -3.33. The topological polar surface area (TPSA) is 116 Å². The smallest absolute Gasteiger partial charge is 0.329 e. The van der Waals surface area contributed by atoms with Crippen molar-refractivity contribution in [2.45, 2.75) is 63.7 Å². The normalized spacial score (nSPS) is 24.2. The van der Waals surface area contributed by atoms with E-state index in [0.29, 0.717) is 25.4 Å². The van der Waals surface area contributed by atoms with Gasteiger partial charge in [0.15, 0.2) is 17.2 Å². The molecule has 0 bridgehead atoms. The van der Waals surface area contributed by atoms with Crippen LogP contribution in [0.2, 0.25) is 0 Å². The van der Waals surface area contributed by atoms with Gasteiger partial charge >= 0.3 is 5.97 Å². The first-order valence-corrected chi connectivity index (χ1v) is 12.9. The van der Waals surface area contributed by atoms with E-state index in [2.05, 4.69) is 22.4 Å². The molecule has 9 heteroatoms. The number of aromatic hydroxyl groups is 1. The molecular weight excluding hydrogens is 476 g/mol. The number of amides is 1. The highest BCUT2D eigenvalue weighted by Gasteiger charge is 2.36. The van der Waals surface area contributed by atoms with E-state index < -0.39 is 24.0 Å². The molecule has 9 nitrogen and oxygen atoms in total. The van der Waals surface area contributed by atoms with E-state index in [9.17, 15) is 14.7 Å². The maximum Gasteiger partial charge on any atom is 0.329 e. The summed E-state index contributed by atoms with van der Waals surface area (Å²) in [6.07, 6.45) is 5.62. The zero-order valence-corrected chi connectivity index (χ0v) is 21.6. The zero-order chi connectivity index (χ0) is 26.4. The molecule has 1 amide bonds. The van der Waals surface area contributed by atoms with Gasteiger partial charge in [0.05, 0.1) is 20.3 Å². The number of carbonyl (C=O) groups excluding carboxylic acids is 2. The highest BCUT2D eigenvalue weighted by Crippen LogP contribution is 2.33. The lowest BCUT2D eigenvalue weighted by molar-refractivity contribution is -0.161. The first kappa shape index (κ1) is 26.7. The van der Waals surface area contributed by atoms with Gasteiger partial charge in [-0.05, 0) is 68.6 Å². The third-order valence-corrected chi connectivity index (χ3v) is 7.09. The third kappa shape index (κ3) is 6.91. The molecule has 200 valence electrons. The molecule has 4 atom stereocenters. The van der Waals surface area contributed by atoms with Crippen molar-refractivity contribution in [3.63, 3.8) is 0 Å². The number of cyclic esters (lactones) is 1. The van der Waals surface area contributed by atoms with Crippen molar-refractivity contribution in [3.8, 4) is 17.2 Å². The van der Waals surface area contributed by atoms with Gasteiger partial charge in [-0.15, -0.1) is 0 Å². The highest BCUT2D eigenvalue weighted by atomic mass is 16.6. The summed E-state index contributed by atoms with van der Waals surface area (Å²) in [5.41, 5.74) is 0.955. The van der Waals surface area contributed by atoms with Crippen LogP contribution in [0.3, 0.4) is 0 Å². The Morgan fingerprint density at radius 2 is 1.86 bits per heavy atom. The van der Waals surface area contributed by atoms with Gasteiger partial charge < -0.3 is 29.4 Å². The van der Waals surface area contributed by atoms with Crippen molar-refractivity contribution in [3.05, 3.63) is 47.8 Å². The number of ether oxygens (including phenoxy) is 4. The van der Waals surface area contributed by atoms with Gasteiger partial charge in [0.1, 0.15) is 17.9 Å². The Bertz CT molecular complexity index is 1070. The van der Waals surface area contributed by atoms with E-state index in [1.807, 2.05) is 19.1 Å². The largest absolute Gasteiger partial charge is 0.503 e. The number of pyridine rings is 1. The zero-order valence-electron chi connectivity index (χ0n) is 21.6. The quantitative estimate of drug-likeness (QED) is 0.489. The summed E-state index contributed by atoms with van der Waals surface area (Å²) in [4.78, 5) is 30.0. The minimum Gasteiger partial charge on any atom is -0.503 e. The molecule has 2 aliphatic rings. The summed E-state index contributed by atoms with van der Waals surface area (Å²) in [7, 11) is 3.03. The summed E-state index contributed by atoms with van der Waals surface area (Å²) in [6, 6.07) is 8.58. The summed E-state index contributed by atoms with van der Waals surface area (Å²) in [5, 5.41) is 13.0. The standard InChI is InChI=1S/C28H36N2O7/c1-17-26(36-16-19-7-8-19)20(15-18-9-11-21(34-2)12-10-18)5-4-6-22(28(33)37-17)30-27(32)24-25(31)23(35-3)13-14-29-24/h9-14,17,19-20,22,26,31H,4-8,15-16H2,1-3H3,(H,30,32)/t17-,20+,22-,26-/m0/s1. The van der Waals surface area contributed by atoms with Crippen molar-refractivity contribution >= 4 is 11.9 Å². The van der Waals surface area contributed by atoms with Crippen LogP contribution in [0.1, 0.15) is 55.1 Å². The second-order valence-electron chi connectivity index (χ2n) is 9.86. The van der Waals surface area contributed by atoms with Crippen molar-refractivity contribution in [2.24, 2.45) is 11.8 Å². The number of benzene rings is 1. The Kier molecular flexibility index (Phi) is 8.87. The number of rotatable bonds is 9. The molecule has 1 saturated carbocycles. The van der Waals surface area contributed by atoms with Gasteiger partial charge in [0.25, 0.3) is 5.91 Å². The lowest BCUT2D eigenvalue weighted by Crippen LogP contribution is -2.44. The molecule has 0 spiro atoms. The molecule has 37 heavy (non-hydrogen) atoms. The van der Waals surface area contributed by atoms with E-state index >= 15 is 0 Å². The van der Waals surface area contributed by atoms with Gasteiger partial charge in [-0.25, -0.2) is 9.78 Å². The van der Waals surface area contributed by atoms with E-state index in [4.69, 9.17) is 18.9 Å². The number of nitrogens with one attached hydrogen (secondary N) is 1. The number of aromatic nitrogens is 1. The van der Waals surface area contributed by atoms with E-state index in [1.165, 1.54) is 32.2 Å². The number of carbonyl (C=O) groups is 2. The predicted octanol–water partition coefficient (Wildman–Crippen LogP) is 3.67. The lowest BCUT2D eigenvalue weighted by Gasteiger charge is -2.31. The second-order valence-corrected chi connectivity index (χ2v) is 9.86. The van der Waals surface area contributed by atoms with Gasteiger partial charge in [0, 0.05) is 18.9 Å². The van der Waals surface area contributed by atoms with Gasteiger partial charge in [0.2, 0.25) is 0 Å². The first-order valence-electron chi connectivity index (χ1n) is 12.9. The third-order valence-electron chi connectivity index (χ3n) is 7.09. The minimum absolute atomic E-state index is 0.128. The average Bonchev–Trinajstić information content (AvgIpc) is 3.72. The van der Waals surface area contributed by atoms with Crippen molar-refractivity contribution in [1.29, 1.82) is 0 Å². The van der Waals surface area contributed by atoms with E-state index in [-0.39, 0.29) is 29.2 Å². The van der Waals surface area contributed by atoms with Crippen LogP contribution in [-0.4, -0.2) is 61.0 Å². The molecular formula is C28H36N2O7. The van der Waals surface area contributed by atoms with Gasteiger partial charge in [-0.3, -0.25) is 4.79 Å². The maximum absolute atomic E-state index is 13.1. The van der Waals surface area contributed by atoms with Crippen LogP contribution in [0.4, 0.5) is 0 Å². The second kappa shape index (κ2) is 12.3. The number of hydrogen-bond donors (Lipinski definition) is 2. The molecule has 0 unspecified atom stereocenters. The predicted molar refractivity (Wildman–Crippen MR) is 136 cm³/mol. The van der Waals surface area contributed by atoms with E-state index in [0.717, 1.165) is 24.2 Å². The molecule has 0 radical (unpaired) electrons. The fraction of sp³-hybridized carbons (Fsp3) is 0.536. The Balaban J connectivity index is 1.49. The summed E-state index contributed by atoms with van der Waals surface area (Å²) in [6.45, 7) is 2.52. The van der Waals surface area contributed by atoms with Crippen LogP contribution in [0, 0.1) is 11.8 Å². The first-order chi connectivity index (χ1) is 17.9. The van der Waals surface area contributed by atoms with Crippen molar-refractivity contribution in [2.75, 3.05) is 20.8 Å². The SMILES string of the molecule is COc1ccc(C[C@H]2CCC[C@H](NC(=O)c3nccc(OC)c3O)C(=O)O[C@@H](C)[C@@H]2OCC2CC2)cc1. The molecule has 2 aromatic rings.